The standard InChI is InChI=1S/C16H15NO4/c1-20-14-9-13(18)7-8-16(14)10-15(19)17(16)21-11-12-5-3-2-4-6-12/h2-9H,10-11H2,1H3/t16-/m1/s1. The van der Waals surface area contributed by atoms with Gasteiger partial charge in [-0.15, -0.1) is 0 Å². The minimum absolute atomic E-state index is 0.132. The van der Waals surface area contributed by atoms with Crippen LogP contribution in [0.3, 0.4) is 0 Å². The monoisotopic (exact) mass is 285 g/mol. The van der Waals surface area contributed by atoms with E-state index in [1.165, 1.54) is 24.3 Å². The lowest BCUT2D eigenvalue weighted by atomic mass is 9.80. The highest BCUT2D eigenvalue weighted by molar-refractivity contribution is 6.02. The van der Waals surface area contributed by atoms with Crippen LogP contribution in [-0.4, -0.2) is 29.4 Å². The van der Waals surface area contributed by atoms with E-state index in [2.05, 4.69) is 0 Å². The predicted octanol–water partition coefficient (Wildman–Crippen LogP) is 1.76. The lowest BCUT2D eigenvalue weighted by Crippen LogP contribution is -2.64. The highest BCUT2D eigenvalue weighted by Crippen LogP contribution is 2.42. The number of allylic oxidation sites excluding steroid dienone is 2. The van der Waals surface area contributed by atoms with E-state index in [-0.39, 0.29) is 24.7 Å². The van der Waals surface area contributed by atoms with Crippen molar-refractivity contribution in [3.63, 3.8) is 0 Å². The molecule has 0 unspecified atom stereocenters. The Hall–Kier alpha value is -2.40. The third-order valence-corrected chi connectivity index (χ3v) is 3.66. The van der Waals surface area contributed by atoms with Crippen molar-refractivity contribution in [1.29, 1.82) is 0 Å². The molecule has 0 bridgehead atoms. The SMILES string of the molecule is COC1=CC(=O)C=C[C@@]12CC(=O)N2OCc1ccccc1. The maximum Gasteiger partial charge on any atom is 0.250 e. The second kappa shape index (κ2) is 5.18. The van der Waals surface area contributed by atoms with E-state index in [0.29, 0.717) is 5.76 Å². The maximum absolute atomic E-state index is 11.9. The molecule has 1 amide bonds. The summed E-state index contributed by atoms with van der Waals surface area (Å²) < 4.78 is 5.27. The van der Waals surface area contributed by atoms with Gasteiger partial charge >= 0.3 is 0 Å². The molecule has 5 heteroatoms. The Balaban J connectivity index is 1.78. The van der Waals surface area contributed by atoms with E-state index >= 15 is 0 Å². The molecule has 0 N–H and O–H groups in total. The average Bonchev–Trinajstić information content (AvgIpc) is 2.50. The molecule has 1 aromatic rings. The number of nitrogens with zero attached hydrogens (tertiary/aromatic N) is 1. The Morgan fingerprint density at radius 2 is 2.00 bits per heavy atom. The Morgan fingerprint density at radius 3 is 2.67 bits per heavy atom. The first-order valence-electron chi connectivity index (χ1n) is 6.65. The van der Waals surface area contributed by atoms with Crippen molar-refractivity contribution in [1.82, 2.24) is 5.06 Å². The van der Waals surface area contributed by atoms with Gasteiger partial charge in [-0.25, -0.2) is 5.06 Å². The van der Waals surface area contributed by atoms with Crippen LogP contribution in [0.2, 0.25) is 0 Å². The Morgan fingerprint density at radius 1 is 1.24 bits per heavy atom. The second-order valence-electron chi connectivity index (χ2n) is 5.00. The number of rotatable bonds is 4. The third kappa shape index (κ3) is 2.25. The summed E-state index contributed by atoms with van der Waals surface area (Å²) >= 11 is 0. The molecule has 0 saturated carbocycles. The number of β-lactam (4-membered cyclic amide) rings is 1. The molecule has 1 aliphatic heterocycles. The van der Waals surface area contributed by atoms with E-state index in [0.717, 1.165) is 5.56 Å². The summed E-state index contributed by atoms with van der Waals surface area (Å²) in [7, 11) is 1.48. The summed E-state index contributed by atoms with van der Waals surface area (Å²) in [6, 6.07) is 9.58. The number of methoxy groups -OCH3 is 1. The van der Waals surface area contributed by atoms with Crippen LogP contribution in [0.1, 0.15) is 12.0 Å². The van der Waals surface area contributed by atoms with E-state index in [9.17, 15) is 9.59 Å². The second-order valence-corrected chi connectivity index (χ2v) is 5.00. The molecular formula is C16H15NO4. The molecule has 1 fully saturated rings. The van der Waals surface area contributed by atoms with Crippen molar-refractivity contribution >= 4 is 11.7 Å². The van der Waals surface area contributed by atoms with E-state index in [1.807, 2.05) is 30.3 Å². The molecule has 5 nitrogen and oxygen atoms in total. The largest absolute Gasteiger partial charge is 0.498 e. The third-order valence-electron chi connectivity index (χ3n) is 3.66. The van der Waals surface area contributed by atoms with Gasteiger partial charge in [0, 0.05) is 6.08 Å². The van der Waals surface area contributed by atoms with Gasteiger partial charge in [0.25, 0.3) is 5.91 Å². The zero-order chi connectivity index (χ0) is 14.9. The van der Waals surface area contributed by atoms with Crippen LogP contribution < -0.4 is 0 Å². The van der Waals surface area contributed by atoms with Crippen molar-refractivity contribution < 1.29 is 19.2 Å². The van der Waals surface area contributed by atoms with E-state index in [4.69, 9.17) is 9.57 Å². The fraction of sp³-hybridized carbons (Fsp3) is 0.250. The molecule has 0 radical (unpaired) electrons. The van der Waals surface area contributed by atoms with Crippen molar-refractivity contribution in [3.05, 3.63) is 59.9 Å². The van der Waals surface area contributed by atoms with Crippen LogP contribution in [0.5, 0.6) is 0 Å². The summed E-state index contributed by atoms with van der Waals surface area (Å²) in [5, 5.41) is 1.29. The first-order valence-corrected chi connectivity index (χ1v) is 6.65. The maximum atomic E-state index is 11.9. The molecule has 108 valence electrons. The van der Waals surface area contributed by atoms with Crippen LogP contribution in [0, 0.1) is 0 Å². The lowest BCUT2D eigenvalue weighted by Gasteiger charge is -2.49. The van der Waals surface area contributed by atoms with Gasteiger partial charge in [-0.05, 0) is 17.7 Å². The number of ketones is 1. The number of hydrogen-bond acceptors (Lipinski definition) is 4. The quantitative estimate of drug-likeness (QED) is 0.791. The molecule has 1 heterocycles. The topological polar surface area (TPSA) is 55.8 Å². The van der Waals surface area contributed by atoms with Gasteiger partial charge in [0.2, 0.25) is 0 Å². The van der Waals surface area contributed by atoms with Crippen LogP contribution >= 0.6 is 0 Å². The number of hydroxylamine groups is 2. The van der Waals surface area contributed by atoms with Crippen LogP contribution in [0.15, 0.2) is 54.3 Å². The van der Waals surface area contributed by atoms with Crippen LogP contribution in [0.25, 0.3) is 0 Å². The molecule has 1 aliphatic carbocycles. The van der Waals surface area contributed by atoms with Crippen molar-refractivity contribution in [2.24, 2.45) is 0 Å². The zero-order valence-electron chi connectivity index (χ0n) is 11.6. The molecule has 0 aromatic heterocycles. The molecule has 1 spiro atoms. The Kier molecular flexibility index (Phi) is 3.35. The van der Waals surface area contributed by atoms with Crippen molar-refractivity contribution in [2.45, 2.75) is 18.6 Å². The van der Waals surface area contributed by atoms with Crippen molar-refractivity contribution in [2.75, 3.05) is 7.11 Å². The molecule has 21 heavy (non-hydrogen) atoms. The first kappa shape index (κ1) is 13.6. The van der Waals surface area contributed by atoms with Crippen molar-refractivity contribution in [3.8, 4) is 0 Å². The van der Waals surface area contributed by atoms with Crippen LogP contribution in [0.4, 0.5) is 0 Å². The number of amides is 1. The highest BCUT2D eigenvalue weighted by Gasteiger charge is 2.55. The minimum Gasteiger partial charge on any atom is -0.498 e. The molecule has 1 aromatic carbocycles. The van der Waals surface area contributed by atoms with Gasteiger partial charge in [0.15, 0.2) is 11.3 Å². The molecular weight excluding hydrogens is 270 g/mol. The fourth-order valence-electron chi connectivity index (χ4n) is 2.56. The summed E-state index contributed by atoms with van der Waals surface area (Å²) in [5.41, 5.74) is 0.181. The number of ether oxygens (including phenoxy) is 1. The Labute approximate surface area is 122 Å². The number of carbonyl (C=O) groups is 2. The van der Waals surface area contributed by atoms with Crippen LogP contribution in [-0.2, 0) is 25.8 Å². The summed E-state index contributed by atoms with van der Waals surface area (Å²) in [6.45, 7) is 0.285. The average molecular weight is 285 g/mol. The van der Waals surface area contributed by atoms with E-state index in [1.54, 1.807) is 6.08 Å². The predicted molar refractivity (Wildman–Crippen MR) is 74.7 cm³/mol. The zero-order valence-corrected chi connectivity index (χ0v) is 11.6. The highest BCUT2D eigenvalue weighted by atomic mass is 16.7. The van der Waals surface area contributed by atoms with Gasteiger partial charge in [0.05, 0.1) is 13.5 Å². The van der Waals surface area contributed by atoms with Gasteiger partial charge < -0.3 is 4.74 Å². The number of benzene rings is 1. The summed E-state index contributed by atoms with van der Waals surface area (Å²) in [5.74, 6) is 0.148. The lowest BCUT2D eigenvalue weighted by molar-refractivity contribution is -0.249. The van der Waals surface area contributed by atoms with Gasteiger partial charge in [-0.3, -0.25) is 14.4 Å². The van der Waals surface area contributed by atoms with Gasteiger partial charge in [-0.2, -0.15) is 0 Å². The molecule has 3 rings (SSSR count). The fourth-order valence-corrected chi connectivity index (χ4v) is 2.56. The summed E-state index contributed by atoms with van der Waals surface area (Å²) in [4.78, 5) is 28.9. The Bertz CT molecular complexity index is 635. The minimum atomic E-state index is -0.783. The number of hydrogen-bond donors (Lipinski definition) is 0. The van der Waals surface area contributed by atoms with Gasteiger partial charge in [-0.1, -0.05) is 30.3 Å². The summed E-state index contributed by atoms with van der Waals surface area (Å²) in [6.07, 6.45) is 4.74. The first-order chi connectivity index (χ1) is 10.2. The van der Waals surface area contributed by atoms with E-state index < -0.39 is 5.54 Å². The molecule has 1 atom stereocenters. The number of carbonyl (C=O) groups excluding carboxylic acids is 2. The molecule has 1 saturated heterocycles. The normalized spacial score (nSPS) is 24.0. The smallest absolute Gasteiger partial charge is 0.250 e. The molecule has 2 aliphatic rings. The van der Waals surface area contributed by atoms with Gasteiger partial charge in [0.1, 0.15) is 12.4 Å².